The molecule has 0 aliphatic rings. The standard InChI is InChI=1S/C13H16N2O3/c1-3-14-13(18)15-11-6-4-10(8-9(11)2)5-7-12(16)17/h4-8H,3H2,1-2H3,(H,16,17)(H2,14,15,18). The second kappa shape index (κ2) is 6.44. The van der Waals surface area contributed by atoms with Gasteiger partial charge in [-0.15, -0.1) is 0 Å². The molecular weight excluding hydrogens is 232 g/mol. The van der Waals surface area contributed by atoms with E-state index >= 15 is 0 Å². The van der Waals surface area contributed by atoms with E-state index in [9.17, 15) is 9.59 Å². The predicted molar refractivity (Wildman–Crippen MR) is 70.5 cm³/mol. The summed E-state index contributed by atoms with van der Waals surface area (Å²) in [7, 11) is 0. The fourth-order valence-electron chi connectivity index (χ4n) is 1.43. The van der Waals surface area contributed by atoms with Gasteiger partial charge in [-0.05, 0) is 43.2 Å². The largest absolute Gasteiger partial charge is 0.478 e. The molecule has 3 N–H and O–H groups in total. The van der Waals surface area contributed by atoms with Crippen LogP contribution in [-0.4, -0.2) is 23.7 Å². The molecule has 2 amide bonds. The van der Waals surface area contributed by atoms with Crippen LogP contribution in [0.25, 0.3) is 6.08 Å². The topological polar surface area (TPSA) is 78.4 Å². The molecule has 0 aliphatic carbocycles. The van der Waals surface area contributed by atoms with E-state index in [1.165, 1.54) is 6.08 Å². The molecule has 0 heterocycles. The fraction of sp³-hybridized carbons (Fsp3) is 0.231. The number of benzene rings is 1. The van der Waals surface area contributed by atoms with Crippen LogP contribution >= 0.6 is 0 Å². The van der Waals surface area contributed by atoms with Crippen LogP contribution < -0.4 is 10.6 Å². The minimum atomic E-state index is -0.989. The molecule has 18 heavy (non-hydrogen) atoms. The molecule has 1 aromatic carbocycles. The molecular formula is C13H16N2O3. The van der Waals surface area contributed by atoms with E-state index in [0.717, 1.165) is 17.2 Å². The summed E-state index contributed by atoms with van der Waals surface area (Å²) in [5, 5.41) is 13.9. The summed E-state index contributed by atoms with van der Waals surface area (Å²) < 4.78 is 0. The van der Waals surface area contributed by atoms with Gasteiger partial charge in [0.1, 0.15) is 0 Å². The minimum Gasteiger partial charge on any atom is -0.478 e. The highest BCUT2D eigenvalue weighted by Gasteiger charge is 2.03. The number of amides is 2. The van der Waals surface area contributed by atoms with Crippen LogP contribution in [-0.2, 0) is 4.79 Å². The van der Waals surface area contributed by atoms with E-state index in [-0.39, 0.29) is 6.03 Å². The van der Waals surface area contributed by atoms with Crippen LogP contribution in [0, 0.1) is 6.92 Å². The number of carbonyl (C=O) groups excluding carboxylic acids is 1. The van der Waals surface area contributed by atoms with Crippen molar-refractivity contribution in [2.75, 3.05) is 11.9 Å². The Morgan fingerprint density at radius 2 is 2.11 bits per heavy atom. The van der Waals surface area contributed by atoms with Crippen LogP contribution in [0.3, 0.4) is 0 Å². The van der Waals surface area contributed by atoms with Gasteiger partial charge >= 0.3 is 12.0 Å². The first-order valence-corrected chi connectivity index (χ1v) is 5.59. The van der Waals surface area contributed by atoms with Crippen molar-refractivity contribution in [3.63, 3.8) is 0 Å². The third-order valence-electron chi connectivity index (χ3n) is 2.25. The maximum absolute atomic E-state index is 11.4. The van der Waals surface area contributed by atoms with Crippen molar-refractivity contribution in [2.45, 2.75) is 13.8 Å². The molecule has 0 unspecified atom stereocenters. The summed E-state index contributed by atoms with van der Waals surface area (Å²) in [6.45, 7) is 4.25. The van der Waals surface area contributed by atoms with Gasteiger partial charge in [0.15, 0.2) is 0 Å². The Labute approximate surface area is 106 Å². The van der Waals surface area contributed by atoms with Gasteiger partial charge < -0.3 is 15.7 Å². The number of carboxylic acid groups (broad SMARTS) is 1. The Kier molecular flexibility index (Phi) is 4.92. The minimum absolute atomic E-state index is 0.255. The molecule has 0 aromatic heterocycles. The fourth-order valence-corrected chi connectivity index (χ4v) is 1.43. The van der Waals surface area contributed by atoms with Gasteiger partial charge in [0, 0.05) is 18.3 Å². The van der Waals surface area contributed by atoms with Gasteiger partial charge in [0.05, 0.1) is 0 Å². The Hall–Kier alpha value is -2.30. The quantitative estimate of drug-likeness (QED) is 0.715. The summed E-state index contributed by atoms with van der Waals surface area (Å²) in [5.74, 6) is -0.989. The second-order valence-corrected chi connectivity index (χ2v) is 3.73. The van der Waals surface area contributed by atoms with Crippen molar-refractivity contribution >= 4 is 23.8 Å². The molecule has 0 radical (unpaired) electrons. The summed E-state index contributed by atoms with van der Waals surface area (Å²) in [5.41, 5.74) is 2.35. The normalized spacial score (nSPS) is 10.3. The predicted octanol–water partition coefficient (Wildman–Crippen LogP) is 2.23. The molecule has 1 rings (SSSR count). The monoisotopic (exact) mass is 248 g/mol. The summed E-state index contributed by atoms with van der Waals surface area (Å²) in [4.78, 5) is 21.7. The average Bonchev–Trinajstić information content (AvgIpc) is 2.30. The summed E-state index contributed by atoms with van der Waals surface area (Å²) in [6.07, 6.45) is 2.58. The number of rotatable bonds is 4. The first kappa shape index (κ1) is 13.8. The van der Waals surface area contributed by atoms with E-state index in [4.69, 9.17) is 5.11 Å². The molecule has 0 saturated carbocycles. The maximum Gasteiger partial charge on any atom is 0.328 e. The molecule has 0 aliphatic heterocycles. The maximum atomic E-state index is 11.4. The molecule has 5 heteroatoms. The number of anilines is 1. The molecule has 0 bridgehead atoms. The van der Waals surface area contributed by atoms with Crippen LogP contribution in [0.4, 0.5) is 10.5 Å². The molecule has 0 saturated heterocycles. The Balaban J connectivity index is 2.79. The van der Waals surface area contributed by atoms with Crippen molar-refractivity contribution < 1.29 is 14.7 Å². The zero-order valence-corrected chi connectivity index (χ0v) is 10.4. The average molecular weight is 248 g/mol. The van der Waals surface area contributed by atoms with Crippen LogP contribution in [0.1, 0.15) is 18.1 Å². The van der Waals surface area contributed by atoms with Crippen molar-refractivity contribution in [3.05, 3.63) is 35.4 Å². The molecule has 0 fully saturated rings. The van der Waals surface area contributed by atoms with Crippen LogP contribution in [0.15, 0.2) is 24.3 Å². The van der Waals surface area contributed by atoms with Crippen molar-refractivity contribution in [1.82, 2.24) is 5.32 Å². The van der Waals surface area contributed by atoms with E-state index in [1.54, 1.807) is 18.2 Å². The number of carboxylic acids is 1. The molecule has 0 spiro atoms. The van der Waals surface area contributed by atoms with Crippen LogP contribution in [0.5, 0.6) is 0 Å². The molecule has 5 nitrogen and oxygen atoms in total. The van der Waals surface area contributed by atoms with Gasteiger partial charge in [-0.1, -0.05) is 6.07 Å². The van der Waals surface area contributed by atoms with Crippen molar-refractivity contribution in [2.24, 2.45) is 0 Å². The third kappa shape index (κ3) is 4.29. The zero-order chi connectivity index (χ0) is 13.5. The zero-order valence-electron chi connectivity index (χ0n) is 10.4. The number of aryl methyl sites for hydroxylation is 1. The van der Waals surface area contributed by atoms with Gasteiger partial charge in [-0.25, -0.2) is 9.59 Å². The highest BCUT2D eigenvalue weighted by molar-refractivity contribution is 5.90. The van der Waals surface area contributed by atoms with Gasteiger partial charge in [-0.2, -0.15) is 0 Å². The lowest BCUT2D eigenvalue weighted by atomic mass is 10.1. The lowest BCUT2D eigenvalue weighted by Crippen LogP contribution is -2.28. The van der Waals surface area contributed by atoms with E-state index < -0.39 is 5.97 Å². The lowest BCUT2D eigenvalue weighted by Gasteiger charge is -2.09. The Bertz CT molecular complexity index is 481. The van der Waals surface area contributed by atoms with E-state index in [0.29, 0.717) is 12.2 Å². The van der Waals surface area contributed by atoms with Crippen molar-refractivity contribution in [3.8, 4) is 0 Å². The van der Waals surface area contributed by atoms with Gasteiger partial charge in [0.2, 0.25) is 0 Å². The summed E-state index contributed by atoms with van der Waals surface area (Å²) in [6, 6.07) is 5.04. The number of nitrogens with one attached hydrogen (secondary N) is 2. The first-order valence-electron chi connectivity index (χ1n) is 5.59. The molecule has 96 valence electrons. The molecule has 1 aromatic rings. The Morgan fingerprint density at radius 3 is 2.67 bits per heavy atom. The third-order valence-corrected chi connectivity index (χ3v) is 2.25. The number of hydrogen-bond acceptors (Lipinski definition) is 2. The smallest absolute Gasteiger partial charge is 0.328 e. The Morgan fingerprint density at radius 1 is 1.39 bits per heavy atom. The van der Waals surface area contributed by atoms with E-state index in [1.807, 2.05) is 13.8 Å². The number of aliphatic carboxylic acids is 1. The number of urea groups is 1. The van der Waals surface area contributed by atoms with Gasteiger partial charge in [0.25, 0.3) is 0 Å². The van der Waals surface area contributed by atoms with Crippen molar-refractivity contribution in [1.29, 1.82) is 0 Å². The summed E-state index contributed by atoms with van der Waals surface area (Å²) >= 11 is 0. The first-order chi connectivity index (χ1) is 8.52. The number of carbonyl (C=O) groups is 2. The van der Waals surface area contributed by atoms with Crippen LogP contribution in [0.2, 0.25) is 0 Å². The highest BCUT2D eigenvalue weighted by atomic mass is 16.4. The highest BCUT2D eigenvalue weighted by Crippen LogP contribution is 2.17. The SMILES string of the molecule is CCNC(=O)Nc1ccc(C=CC(=O)O)cc1C. The molecule has 0 atom stereocenters. The van der Waals surface area contributed by atoms with E-state index in [2.05, 4.69) is 10.6 Å². The van der Waals surface area contributed by atoms with Gasteiger partial charge in [-0.3, -0.25) is 0 Å². The lowest BCUT2D eigenvalue weighted by molar-refractivity contribution is -0.131. The number of hydrogen-bond donors (Lipinski definition) is 3. The second-order valence-electron chi connectivity index (χ2n) is 3.73.